The molecule has 1 fully saturated rings. The Balaban J connectivity index is 0.00000261. The standard InChI is InChI=1S/C21H25O5.Cs/c1-16-10-21(25-14-16)26-20-12-18(23-9-8-22-2)11-19(13-20)24-15-17-6-4-3-5-7-17;/h3-7,11-14,16,21H,8-10,15H2,1-2H3;/q-1;+1/t16-,21?;/m1./s1. The van der Waals surface area contributed by atoms with Gasteiger partial charge in [0, 0.05) is 25.3 Å². The van der Waals surface area contributed by atoms with E-state index in [1.807, 2.05) is 55.1 Å². The van der Waals surface area contributed by atoms with Gasteiger partial charge in [-0.15, -0.1) is 5.92 Å². The predicted molar refractivity (Wildman–Crippen MR) is 98.2 cm³/mol. The molecule has 0 N–H and O–H groups in total. The summed E-state index contributed by atoms with van der Waals surface area (Å²) >= 11 is 0. The van der Waals surface area contributed by atoms with Crippen molar-refractivity contribution in [1.29, 1.82) is 0 Å². The Morgan fingerprint density at radius 1 is 1.00 bits per heavy atom. The maximum absolute atomic E-state index is 5.94. The fraction of sp³-hybridized carbons (Fsp3) is 0.381. The van der Waals surface area contributed by atoms with E-state index in [2.05, 4.69) is 6.92 Å². The summed E-state index contributed by atoms with van der Waals surface area (Å²) in [6.45, 7) is 5.37. The topological polar surface area (TPSA) is 46.2 Å². The number of ether oxygens (including phenoxy) is 5. The molecule has 0 bridgehead atoms. The molecule has 6 heteroatoms. The summed E-state index contributed by atoms with van der Waals surface area (Å²) in [4.78, 5) is 0. The number of benzene rings is 2. The fourth-order valence-corrected chi connectivity index (χ4v) is 2.63. The Morgan fingerprint density at radius 3 is 2.37 bits per heavy atom. The molecule has 0 radical (unpaired) electrons. The van der Waals surface area contributed by atoms with Crippen molar-refractivity contribution in [2.75, 3.05) is 20.3 Å². The zero-order chi connectivity index (χ0) is 18.2. The van der Waals surface area contributed by atoms with Gasteiger partial charge in [0.25, 0.3) is 0 Å². The normalized spacial score (nSPS) is 18.6. The van der Waals surface area contributed by atoms with Gasteiger partial charge in [-0.1, -0.05) is 37.3 Å². The zero-order valence-electron chi connectivity index (χ0n) is 16.2. The van der Waals surface area contributed by atoms with Crippen LogP contribution in [0.25, 0.3) is 0 Å². The van der Waals surface area contributed by atoms with Crippen molar-refractivity contribution in [1.82, 2.24) is 0 Å². The molecule has 1 unspecified atom stereocenters. The molecule has 5 nitrogen and oxygen atoms in total. The first-order valence-electron chi connectivity index (χ1n) is 8.82. The average Bonchev–Trinajstić information content (AvgIpc) is 3.06. The van der Waals surface area contributed by atoms with Gasteiger partial charge in [0.05, 0.1) is 6.61 Å². The van der Waals surface area contributed by atoms with E-state index in [0.717, 1.165) is 12.0 Å². The molecule has 2 atom stereocenters. The smallest absolute Gasteiger partial charge is 0.520 e. The fourth-order valence-electron chi connectivity index (χ4n) is 2.63. The van der Waals surface area contributed by atoms with Crippen molar-refractivity contribution in [2.45, 2.75) is 26.2 Å². The Hall–Kier alpha value is -0.188. The van der Waals surface area contributed by atoms with Crippen LogP contribution in [0.1, 0.15) is 18.9 Å². The van der Waals surface area contributed by atoms with Crippen LogP contribution in [0.3, 0.4) is 0 Å². The summed E-state index contributed by atoms with van der Waals surface area (Å²) in [6, 6.07) is 15.6. The van der Waals surface area contributed by atoms with E-state index in [9.17, 15) is 0 Å². The van der Waals surface area contributed by atoms with Crippen LogP contribution in [0.5, 0.6) is 17.2 Å². The van der Waals surface area contributed by atoms with Crippen LogP contribution in [-0.4, -0.2) is 26.6 Å². The molecule has 1 aliphatic heterocycles. The van der Waals surface area contributed by atoms with E-state index in [0.29, 0.717) is 43.0 Å². The van der Waals surface area contributed by atoms with Gasteiger partial charge in [0.15, 0.2) is 6.29 Å². The maximum atomic E-state index is 5.94. The summed E-state index contributed by atoms with van der Waals surface area (Å²) in [5.74, 6) is 2.41. The van der Waals surface area contributed by atoms with Gasteiger partial charge in [-0.3, -0.25) is 0 Å². The van der Waals surface area contributed by atoms with Crippen LogP contribution >= 0.6 is 0 Å². The van der Waals surface area contributed by atoms with Gasteiger partial charge in [-0.2, -0.15) is 0 Å². The molecule has 0 aromatic heterocycles. The first-order valence-corrected chi connectivity index (χ1v) is 8.82. The Labute approximate surface area is 220 Å². The van der Waals surface area contributed by atoms with E-state index in [4.69, 9.17) is 23.7 Å². The molecular weight excluding hydrogens is 465 g/mol. The van der Waals surface area contributed by atoms with E-state index >= 15 is 0 Å². The third kappa shape index (κ3) is 7.99. The van der Waals surface area contributed by atoms with Crippen LogP contribution in [0.2, 0.25) is 0 Å². The summed E-state index contributed by atoms with van der Waals surface area (Å²) in [6.07, 6.45) is 0.552. The summed E-state index contributed by atoms with van der Waals surface area (Å²) in [7, 11) is 1.65. The Morgan fingerprint density at radius 2 is 1.70 bits per heavy atom. The molecule has 27 heavy (non-hydrogen) atoms. The number of hydrogen-bond acceptors (Lipinski definition) is 5. The molecule has 140 valence electrons. The van der Waals surface area contributed by atoms with Gasteiger partial charge < -0.3 is 23.7 Å². The van der Waals surface area contributed by atoms with Crippen molar-refractivity contribution >= 4 is 0 Å². The second kappa shape index (κ2) is 12.4. The molecule has 1 heterocycles. The van der Waals surface area contributed by atoms with E-state index < -0.39 is 0 Å². The molecule has 0 spiro atoms. The molecule has 1 aliphatic rings. The Bertz CT molecular complexity index is 680. The number of rotatable bonds is 9. The van der Waals surface area contributed by atoms with Crippen LogP contribution in [-0.2, 0) is 16.1 Å². The van der Waals surface area contributed by atoms with Gasteiger partial charge in [0.2, 0.25) is 0 Å². The van der Waals surface area contributed by atoms with Crippen molar-refractivity contribution in [2.24, 2.45) is 5.92 Å². The van der Waals surface area contributed by atoms with Gasteiger partial charge in [0.1, 0.15) is 30.5 Å². The summed E-state index contributed by atoms with van der Waals surface area (Å²) in [5, 5.41) is 0. The molecule has 0 saturated carbocycles. The molecule has 2 aromatic rings. The molecule has 0 amide bonds. The monoisotopic (exact) mass is 490 g/mol. The van der Waals surface area contributed by atoms with Crippen LogP contribution in [0, 0.1) is 12.5 Å². The van der Waals surface area contributed by atoms with Crippen molar-refractivity contribution < 1.29 is 92.6 Å². The minimum atomic E-state index is -0.277. The van der Waals surface area contributed by atoms with E-state index in [-0.39, 0.29) is 75.2 Å². The second-order valence-electron chi connectivity index (χ2n) is 6.29. The molecule has 0 aliphatic carbocycles. The molecule has 2 aromatic carbocycles. The van der Waals surface area contributed by atoms with Crippen LogP contribution in [0.4, 0.5) is 0 Å². The number of methoxy groups -OCH3 is 1. The van der Waals surface area contributed by atoms with Gasteiger partial charge in [-0.25, -0.2) is 6.61 Å². The van der Waals surface area contributed by atoms with Gasteiger partial charge in [-0.05, 0) is 12.0 Å². The van der Waals surface area contributed by atoms with Gasteiger partial charge >= 0.3 is 68.9 Å². The molecule has 1 saturated heterocycles. The molecular formula is C21H25CsO5. The first-order chi connectivity index (χ1) is 12.7. The first kappa shape index (κ1) is 23.1. The average molecular weight is 490 g/mol. The quantitative estimate of drug-likeness (QED) is 0.391. The third-order valence-corrected chi connectivity index (χ3v) is 3.95. The third-order valence-electron chi connectivity index (χ3n) is 3.95. The minimum absolute atomic E-state index is 0. The van der Waals surface area contributed by atoms with Crippen LogP contribution in [0.15, 0.2) is 48.5 Å². The molecule has 3 rings (SSSR count). The summed E-state index contributed by atoms with van der Waals surface area (Å²) < 4.78 is 28.2. The predicted octanol–water partition coefficient (Wildman–Crippen LogP) is 1.22. The SMILES string of the molecule is COCCOc1cc(OCc2ccccc2)cc(OC2C[C@@H](C)[CH-]O2)c1.[Cs+]. The van der Waals surface area contributed by atoms with E-state index in [1.54, 1.807) is 7.11 Å². The van der Waals surface area contributed by atoms with Crippen LogP contribution < -0.4 is 83.1 Å². The Kier molecular flexibility index (Phi) is 10.6. The van der Waals surface area contributed by atoms with Crippen molar-refractivity contribution in [3.63, 3.8) is 0 Å². The minimum Gasteiger partial charge on any atom is -0.520 e. The maximum Gasteiger partial charge on any atom is 1.00 e. The zero-order valence-corrected chi connectivity index (χ0v) is 22.5. The van der Waals surface area contributed by atoms with E-state index in [1.165, 1.54) is 0 Å². The van der Waals surface area contributed by atoms with Crippen molar-refractivity contribution in [3.05, 3.63) is 60.7 Å². The largest absolute Gasteiger partial charge is 1.00 e. The second-order valence-corrected chi connectivity index (χ2v) is 6.29. The summed E-state index contributed by atoms with van der Waals surface area (Å²) in [5.41, 5.74) is 1.10. The number of hydrogen-bond donors (Lipinski definition) is 0. The van der Waals surface area contributed by atoms with Crippen molar-refractivity contribution in [3.8, 4) is 17.2 Å².